The molecule has 1 aromatic heterocycles. The van der Waals surface area contributed by atoms with E-state index < -0.39 is 0 Å². The summed E-state index contributed by atoms with van der Waals surface area (Å²) in [4.78, 5) is 4.31. The van der Waals surface area contributed by atoms with Crippen LogP contribution in [0.25, 0.3) is 0 Å². The molecule has 0 bridgehead atoms. The van der Waals surface area contributed by atoms with Crippen molar-refractivity contribution in [2.75, 3.05) is 25.6 Å². The minimum atomic E-state index is -0.218. The van der Waals surface area contributed by atoms with Crippen LogP contribution in [0.5, 0.6) is 0 Å². The lowest BCUT2D eigenvalue weighted by Gasteiger charge is -2.17. The van der Waals surface area contributed by atoms with E-state index in [1.54, 1.807) is 25.4 Å². The summed E-state index contributed by atoms with van der Waals surface area (Å²) in [6.45, 7) is 3.59. The molecule has 1 heterocycles. The molecular weight excluding hydrogens is 257 g/mol. The fourth-order valence-corrected chi connectivity index (χ4v) is 2.08. The second kappa shape index (κ2) is 7.05. The molecule has 0 aliphatic carbocycles. The van der Waals surface area contributed by atoms with Crippen LogP contribution in [-0.4, -0.2) is 29.8 Å². The standard InChI is InChI=1S/C15H20FN3O/c1-12(13-4-6-14(16)7-5-13)19-10-9-18-15(19)17-8-3-11-20-2/h4-7,9-10,12H,3,8,11H2,1-2H3,(H,17,18). The van der Waals surface area contributed by atoms with Gasteiger partial charge in [0.15, 0.2) is 0 Å². The zero-order valence-corrected chi connectivity index (χ0v) is 11.8. The fraction of sp³-hybridized carbons (Fsp3) is 0.400. The molecule has 1 aromatic carbocycles. The fourth-order valence-electron chi connectivity index (χ4n) is 2.08. The van der Waals surface area contributed by atoms with Crippen molar-refractivity contribution in [3.63, 3.8) is 0 Å². The molecule has 0 amide bonds. The van der Waals surface area contributed by atoms with Gasteiger partial charge in [-0.15, -0.1) is 0 Å². The normalized spacial score (nSPS) is 12.3. The molecule has 0 saturated heterocycles. The first-order valence-corrected chi connectivity index (χ1v) is 6.73. The van der Waals surface area contributed by atoms with Crippen LogP contribution >= 0.6 is 0 Å². The van der Waals surface area contributed by atoms with Crippen LogP contribution < -0.4 is 5.32 Å². The van der Waals surface area contributed by atoms with Crippen molar-refractivity contribution in [3.8, 4) is 0 Å². The summed E-state index contributed by atoms with van der Waals surface area (Å²) in [5.74, 6) is 0.599. The first-order valence-electron chi connectivity index (χ1n) is 6.73. The molecule has 2 aromatic rings. The predicted octanol–water partition coefficient (Wildman–Crippen LogP) is 3.08. The minimum Gasteiger partial charge on any atom is -0.385 e. The Kier molecular flexibility index (Phi) is 5.12. The van der Waals surface area contributed by atoms with Crippen LogP contribution in [0.2, 0.25) is 0 Å². The molecular formula is C15H20FN3O. The Bertz CT molecular complexity index is 524. The lowest BCUT2D eigenvalue weighted by molar-refractivity contribution is 0.197. The largest absolute Gasteiger partial charge is 0.385 e. The highest BCUT2D eigenvalue weighted by Crippen LogP contribution is 2.21. The van der Waals surface area contributed by atoms with Crippen LogP contribution in [0, 0.1) is 5.82 Å². The number of nitrogens with one attached hydrogen (secondary N) is 1. The number of methoxy groups -OCH3 is 1. The second-order valence-electron chi connectivity index (χ2n) is 4.66. The van der Waals surface area contributed by atoms with Crippen molar-refractivity contribution < 1.29 is 9.13 Å². The summed E-state index contributed by atoms with van der Waals surface area (Å²) in [7, 11) is 1.69. The summed E-state index contributed by atoms with van der Waals surface area (Å²) < 4.78 is 20.0. The molecule has 1 N–H and O–H groups in total. The number of hydrogen-bond acceptors (Lipinski definition) is 3. The number of benzene rings is 1. The lowest BCUT2D eigenvalue weighted by Crippen LogP contribution is -2.13. The zero-order chi connectivity index (χ0) is 14.4. The topological polar surface area (TPSA) is 39.1 Å². The predicted molar refractivity (Wildman–Crippen MR) is 77.4 cm³/mol. The van der Waals surface area contributed by atoms with Crippen molar-refractivity contribution in [2.24, 2.45) is 0 Å². The molecule has 0 spiro atoms. The maximum absolute atomic E-state index is 13.0. The van der Waals surface area contributed by atoms with Gasteiger partial charge in [0.1, 0.15) is 5.82 Å². The quantitative estimate of drug-likeness (QED) is 0.790. The summed E-state index contributed by atoms with van der Waals surface area (Å²) in [6, 6.07) is 6.66. The van der Waals surface area contributed by atoms with Crippen molar-refractivity contribution in [3.05, 3.63) is 48.0 Å². The van der Waals surface area contributed by atoms with E-state index in [0.29, 0.717) is 0 Å². The van der Waals surface area contributed by atoms with Gasteiger partial charge in [0.05, 0.1) is 6.04 Å². The molecule has 20 heavy (non-hydrogen) atoms. The molecule has 5 heteroatoms. The van der Waals surface area contributed by atoms with Crippen molar-refractivity contribution in [1.29, 1.82) is 0 Å². The third-order valence-electron chi connectivity index (χ3n) is 3.25. The molecule has 4 nitrogen and oxygen atoms in total. The van der Waals surface area contributed by atoms with Gasteiger partial charge in [-0.1, -0.05) is 12.1 Å². The second-order valence-corrected chi connectivity index (χ2v) is 4.66. The lowest BCUT2D eigenvalue weighted by atomic mass is 10.1. The van der Waals surface area contributed by atoms with Gasteiger partial charge in [0.2, 0.25) is 5.95 Å². The SMILES string of the molecule is COCCCNc1nccn1C(C)c1ccc(F)cc1. The maximum Gasteiger partial charge on any atom is 0.203 e. The van der Waals surface area contributed by atoms with Crippen molar-refractivity contribution in [2.45, 2.75) is 19.4 Å². The molecule has 2 rings (SSSR count). The Labute approximate surface area is 118 Å². The Morgan fingerprint density at radius 3 is 2.80 bits per heavy atom. The number of rotatable bonds is 7. The Hall–Kier alpha value is -1.88. The highest BCUT2D eigenvalue weighted by Gasteiger charge is 2.11. The highest BCUT2D eigenvalue weighted by atomic mass is 19.1. The average molecular weight is 277 g/mol. The van der Waals surface area contributed by atoms with Gasteiger partial charge in [0.25, 0.3) is 0 Å². The molecule has 0 fully saturated rings. The van der Waals surface area contributed by atoms with Crippen LogP contribution in [0.1, 0.15) is 24.9 Å². The van der Waals surface area contributed by atoms with E-state index in [-0.39, 0.29) is 11.9 Å². The van der Waals surface area contributed by atoms with Gasteiger partial charge in [-0.3, -0.25) is 0 Å². The van der Waals surface area contributed by atoms with Gasteiger partial charge >= 0.3 is 0 Å². The number of nitrogens with zero attached hydrogens (tertiary/aromatic N) is 2. The monoisotopic (exact) mass is 277 g/mol. The third kappa shape index (κ3) is 3.57. The van der Waals surface area contributed by atoms with E-state index >= 15 is 0 Å². The van der Waals surface area contributed by atoms with Gasteiger partial charge in [-0.2, -0.15) is 0 Å². The van der Waals surface area contributed by atoms with E-state index in [2.05, 4.69) is 17.2 Å². The number of ether oxygens (including phenoxy) is 1. The summed E-state index contributed by atoms with van der Waals surface area (Å²) in [6.07, 6.45) is 4.61. The number of hydrogen-bond donors (Lipinski definition) is 1. The Balaban J connectivity index is 2.04. The van der Waals surface area contributed by atoms with Gasteiger partial charge in [0, 0.05) is 32.7 Å². The number of anilines is 1. The summed E-state index contributed by atoms with van der Waals surface area (Å²) in [5.41, 5.74) is 1.05. The first-order chi connectivity index (χ1) is 9.72. The molecule has 1 atom stereocenters. The van der Waals surface area contributed by atoms with E-state index in [1.807, 2.05) is 10.8 Å². The average Bonchev–Trinajstić information content (AvgIpc) is 2.92. The van der Waals surface area contributed by atoms with Crippen LogP contribution in [0.4, 0.5) is 10.3 Å². The van der Waals surface area contributed by atoms with Crippen molar-refractivity contribution >= 4 is 5.95 Å². The van der Waals surface area contributed by atoms with Crippen LogP contribution in [0.15, 0.2) is 36.7 Å². The molecule has 1 unspecified atom stereocenters. The molecule has 0 aliphatic heterocycles. The Morgan fingerprint density at radius 1 is 1.35 bits per heavy atom. The number of imidazole rings is 1. The molecule has 0 aliphatic rings. The maximum atomic E-state index is 13.0. The van der Waals surface area contributed by atoms with Gasteiger partial charge in [-0.25, -0.2) is 9.37 Å². The van der Waals surface area contributed by atoms with E-state index in [0.717, 1.165) is 31.1 Å². The highest BCUT2D eigenvalue weighted by molar-refractivity contribution is 5.30. The minimum absolute atomic E-state index is 0.100. The molecule has 0 saturated carbocycles. The number of aromatic nitrogens is 2. The summed E-state index contributed by atoms with van der Waals surface area (Å²) in [5, 5.41) is 3.29. The van der Waals surface area contributed by atoms with Crippen LogP contribution in [-0.2, 0) is 4.74 Å². The van der Waals surface area contributed by atoms with Crippen molar-refractivity contribution in [1.82, 2.24) is 9.55 Å². The first kappa shape index (κ1) is 14.5. The van der Waals surface area contributed by atoms with Gasteiger partial charge in [-0.05, 0) is 31.0 Å². The van der Waals surface area contributed by atoms with E-state index in [1.165, 1.54) is 12.1 Å². The van der Waals surface area contributed by atoms with E-state index in [9.17, 15) is 4.39 Å². The zero-order valence-electron chi connectivity index (χ0n) is 11.8. The van der Waals surface area contributed by atoms with Crippen LogP contribution in [0.3, 0.4) is 0 Å². The number of halogens is 1. The molecule has 108 valence electrons. The Morgan fingerprint density at radius 2 is 2.10 bits per heavy atom. The third-order valence-corrected chi connectivity index (χ3v) is 3.25. The smallest absolute Gasteiger partial charge is 0.203 e. The molecule has 0 radical (unpaired) electrons. The van der Waals surface area contributed by atoms with E-state index in [4.69, 9.17) is 4.74 Å². The summed E-state index contributed by atoms with van der Waals surface area (Å²) >= 11 is 0. The van der Waals surface area contributed by atoms with Gasteiger partial charge < -0.3 is 14.6 Å².